The molecule has 0 heterocycles. The first-order valence-corrected chi connectivity index (χ1v) is 4.18. The maximum Gasteiger partial charge on any atom is 0.265 e. The van der Waals surface area contributed by atoms with E-state index >= 15 is 0 Å². The third-order valence-corrected chi connectivity index (χ3v) is 1.50. The molecule has 0 saturated carbocycles. The van der Waals surface area contributed by atoms with Crippen LogP contribution in [0.2, 0.25) is 0 Å². The number of nitrogens with zero attached hydrogens (tertiary/aromatic N) is 1. The summed E-state index contributed by atoms with van der Waals surface area (Å²) >= 11 is 3.44. The highest BCUT2D eigenvalue weighted by molar-refractivity contribution is 7.85. The van der Waals surface area contributed by atoms with Gasteiger partial charge in [-0.15, -0.1) is 0 Å². The zero-order chi connectivity index (χ0) is 7.33. The van der Waals surface area contributed by atoms with E-state index in [9.17, 15) is 8.42 Å². The normalized spacial score (nSPS) is 12.7. The Labute approximate surface area is 59.3 Å². The van der Waals surface area contributed by atoms with Crippen LogP contribution < -0.4 is 0 Å². The average Bonchev–Trinajstić information content (AvgIpc) is 1.63. The van der Waals surface area contributed by atoms with Gasteiger partial charge in [0.2, 0.25) is 0 Å². The van der Waals surface area contributed by atoms with Gasteiger partial charge in [0.1, 0.15) is 0 Å². The van der Waals surface area contributed by atoms with Crippen LogP contribution in [0.1, 0.15) is 6.42 Å². The third-order valence-electron chi connectivity index (χ3n) is 0.587. The van der Waals surface area contributed by atoms with Crippen LogP contribution in [0.5, 0.6) is 0 Å². The molecule has 0 bridgehead atoms. The molecule has 0 amide bonds. The highest BCUT2D eigenvalue weighted by Gasteiger charge is 2.00. The quantitative estimate of drug-likeness (QED) is 0.360. The van der Waals surface area contributed by atoms with Gasteiger partial charge in [0, 0.05) is 6.21 Å². The van der Waals surface area contributed by atoms with E-state index in [1.54, 1.807) is 0 Å². The zero-order valence-electron chi connectivity index (χ0n) is 4.56. The van der Waals surface area contributed by atoms with E-state index in [2.05, 4.69) is 17.2 Å². The van der Waals surface area contributed by atoms with Crippen LogP contribution in [0.4, 0.5) is 0 Å². The second-order valence-corrected chi connectivity index (χ2v) is 3.18. The molecular weight excluding hydrogens is 162 g/mol. The molecule has 0 spiro atoms. The first kappa shape index (κ1) is 8.93. The summed E-state index contributed by atoms with van der Waals surface area (Å²) in [4.78, 5) is 0. The van der Waals surface area contributed by atoms with E-state index in [4.69, 9.17) is 4.55 Å². The summed E-state index contributed by atoms with van der Waals surface area (Å²) < 4.78 is 31.3. The lowest BCUT2D eigenvalue weighted by molar-refractivity contribution is 0.484. The van der Waals surface area contributed by atoms with E-state index in [1.165, 1.54) is 6.21 Å². The van der Waals surface area contributed by atoms with E-state index < -0.39 is 10.1 Å². The van der Waals surface area contributed by atoms with Crippen LogP contribution in [0.3, 0.4) is 0 Å². The molecule has 0 aliphatic carbocycles. The van der Waals surface area contributed by atoms with Gasteiger partial charge in [0.25, 0.3) is 10.1 Å². The number of thiol groups is 1. The van der Waals surface area contributed by atoms with Crippen LogP contribution in [0.15, 0.2) is 4.40 Å². The number of rotatable bonds is 3. The molecule has 1 N–H and O–H groups in total. The Morgan fingerprint density at radius 3 is 2.56 bits per heavy atom. The smallest absolute Gasteiger partial charge is 0.265 e. The van der Waals surface area contributed by atoms with Crippen LogP contribution >= 0.6 is 12.8 Å². The minimum absolute atomic E-state index is 0.197. The summed E-state index contributed by atoms with van der Waals surface area (Å²) in [6, 6.07) is 0. The van der Waals surface area contributed by atoms with E-state index in [0.717, 1.165) is 0 Å². The monoisotopic (exact) mass is 169 g/mol. The van der Waals surface area contributed by atoms with Crippen LogP contribution in [-0.4, -0.2) is 24.9 Å². The van der Waals surface area contributed by atoms with Crippen molar-refractivity contribution in [3.63, 3.8) is 0 Å². The van der Waals surface area contributed by atoms with Gasteiger partial charge in [-0.1, -0.05) is 0 Å². The van der Waals surface area contributed by atoms with E-state index in [0.29, 0.717) is 0 Å². The summed E-state index contributed by atoms with van der Waals surface area (Å²) in [6.07, 6.45) is 1.50. The van der Waals surface area contributed by atoms with Crippen molar-refractivity contribution in [3.8, 4) is 0 Å². The largest absolute Gasteiger partial charge is 0.286 e. The molecular formula is C3H7NO3S2. The Morgan fingerprint density at radius 1 is 1.67 bits per heavy atom. The topological polar surface area (TPSA) is 66.7 Å². The van der Waals surface area contributed by atoms with E-state index in [1.807, 2.05) is 0 Å². The van der Waals surface area contributed by atoms with Gasteiger partial charge < -0.3 is 0 Å². The van der Waals surface area contributed by atoms with Crippen molar-refractivity contribution in [2.24, 2.45) is 4.40 Å². The molecule has 9 heavy (non-hydrogen) atoms. The molecule has 0 unspecified atom stereocenters. The van der Waals surface area contributed by atoms with Gasteiger partial charge in [-0.25, -0.2) is 4.40 Å². The molecule has 54 valence electrons. The molecule has 4 nitrogen and oxygen atoms in total. The Balaban J connectivity index is 3.53. The second kappa shape index (κ2) is 3.86. The van der Waals surface area contributed by atoms with Crippen molar-refractivity contribution >= 4 is 29.1 Å². The van der Waals surface area contributed by atoms with Crippen molar-refractivity contribution in [2.75, 3.05) is 5.75 Å². The average molecular weight is 169 g/mol. The lowest BCUT2D eigenvalue weighted by atomic mass is 10.5. The van der Waals surface area contributed by atoms with Gasteiger partial charge in [0.15, 0.2) is 0 Å². The Bertz CT molecular complexity index is 183. The molecule has 0 atom stereocenters. The molecule has 0 aromatic carbocycles. The molecule has 0 aromatic rings. The molecule has 0 radical (unpaired) electrons. The third kappa shape index (κ3) is 7.93. The Hall–Kier alpha value is -0.0700. The molecule has 0 saturated heterocycles. The van der Waals surface area contributed by atoms with Crippen molar-refractivity contribution in [2.45, 2.75) is 6.42 Å². The highest BCUT2D eigenvalue weighted by Crippen LogP contribution is 1.85. The van der Waals surface area contributed by atoms with Gasteiger partial charge in [-0.2, -0.15) is 8.42 Å². The van der Waals surface area contributed by atoms with Crippen LogP contribution in [-0.2, 0) is 10.1 Å². The summed E-state index contributed by atoms with van der Waals surface area (Å²) in [6.45, 7) is 0. The fourth-order valence-electron chi connectivity index (χ4n) is 0.259. The first-order valence-electron chi connectivity index (χ1n) is 2.17. The van der Waals surface area contributed by atoms with Crippen molar-refractivity contribution in [1.29, 1.82) is 0 Å². The lowest BCUT2D eigenvalue weighted by Crippen LogP contribution is -2.03. The highest BCUT2D eigenvalue weighted by atomic mass is 32.2. The summed E-state index contributed by atoms with van der Waals surface area (Å²) in [5.74, 6) is -0.295. The molecule has 0 rings (SSSR count). The van der Waals surface area contributed by atoms with Crippen molar-refractivity contribution < 1.29 is 13.0 Å². The van der Waals surface area contributed by atoms with Crippen LogP contribution in [0.25, 0.3) is 0 Å². The lowest BCUT2D eigenvalue weighted by Gasteiger charge is -1.87. The Kier molecular flexibility index (Phi) is 3.83. The molecule has 0 fully saturated rings. The minimum Gasteiger partial charge on any atom is -0.286 e. The Morgan fingerprint density at radius 2 is 2.22 bits per heavy atom. The fourth-order valence-corrected chi connectivity index (χ4v) is 0.778. The van der Waals surface area contributed by atoms with Gasteiger partial charge in [-0.3, -0.25) is 4.55 Å². The first-order chi connectivity index (χ1) is 4.06. The number of hydrogen-bond acceptors (Lipinski definition) is 4. The standard InChI is InChI=1S/C3H7NO3S2/c5-9(6,7)3-1-2-4-8/h2,8H,1,3H2,(H,5,6,7)/b4-2+. The molecule has 0 aromatic heterocycles. The predicted molar refractivity (Wildman–Crippen MR) is 38.5 cm³/mol. The SMILES string of the molecule is O=S(=O)(O)CC/C=N/S. The van der Waals surface area contributed by atoms with Gasteiger partial charge in [-0.05, 0) is 19.2 Å². The fraction of sp³-hybridized carbons (Fsp3) is 0.667. The summed E-state index contributed by atoms with van der Waals surface area (Å²) in [7, 11) is -3.82. The summed E-state index contributed by atoms with van der Waals surface area (Å²) in [5, 5.41) is 0. The maximum atomic E-state index is 9.98. The minimum atomic E-state index is -3.82. The van der Waals surface area contributed by atoms with E-state index in [-0.39, 0.29) is 12.2 Å². The van der Waals surface area contributed by atoms with Gasteiger partial charge >= 0.3 is 0 Å². The summed E-state index contributed by atoms with van der Waals surface area (Å²) in [5.41, 5.74) is 0. The number of hydrogen-bond donors (Lipinski definition) is 2. The zero-order valence-corrected chi connectivity index (χ0v) is 6.27. The molecule has 0 aliphatic heterocycles. The predicted octanol–water partition coefficient (Wildman–Crippen LogP) is 0.180. The van der Waals surface area contributed by atoms with Crippen molar-refractivity contribution in [1.82, 2.24) is 0 Å². The molecule has 0 aliphatic rings. The second-order valence-electron chi connectivity index (χ2n) is 1.37. The maximum absolute atomic E-state index is 9.98. The van der Waals surface area contributed by atoms with Crippen molar-refractivity contribution in [3.05, 3.63) is 0 Å². The van der Waals surface area contributed by atoms with Gasteiger partial charge in [0.05, 0.1) is 5.75 Å². The van der Waals surface area contributed by atoms with Crippen LogP contribution in [0, 0.1) is 0 Å². The molecule has 6 heteroatoms.